The molecule has 16 heavy (non-hydrogen) atoms. The van der Waals surface area contributed by atoms with Crippen LogP contribution in [-0.2, 0) is 11.3 Å². The van der Waals surface area contributed by atoms with E-state index in [-0.39, 0.29) is 5.56 Å². The van der Waals surface area contributed by atoms with Crippen LogP contribution in [-0.4, -0.2) is 29.6 Å². The normalized spacial score (nSPS) is 14.1. The van der Waals surface area contributed by atoms with Crippen molar-refractivity contribution in [3.63, 3.8) is 0 Å². The fourth-order valence-corrected chi connectivity index (χ4v) is 1.34. The van der Waals surface area contributed by atoms with Crippen LogP contribution < -0.4 is 0 Å². The second-order valence-electron chi connectivity index (χ2n) is 3.47. The van der Waals surface area contributed by atoms with E-state index in [2.05, 4.69) is 0 Å². The maximum atomic E-state index is 12.2. The van der Waals surface area contributed by atoms with Crippen LogP contribution in [0, 0.1) is 0 Å². The van der Waals surface area contributed by atoms with E-state index < -0.39 is 12.3 Å². The van der Waals surface area contributed by atoms with Crippen LogP contribution in [0.5, 0.6) is 0 Å². The summed E-state index contributed by atoms with van der Waals surface area (Å²) in [6.45, 7) is 1.12. The molecule has 0 aliphatic rings. The fourth-order valence-electron chi connectivity index (χ4n) is 1.34. The lowest BCUT2D eigenvalue weighted by Gasteiger charge is -2.12. The number of hydrogen-bond acceptors (Lipinski definition) is 2. The first kappa shape index (κ1) is 13.1. The lowest BCUT2D eigenvalue weighted by Crippen LogP contribution is -2.19. The predicted molar refractivity (Wildman–Crippen MR) is 51.9 cm³/mol. The number of rotatable bonds is 5. The highest BCUT2D eigenvalue weighted by Gasteiger charge is 2.39. The Hall–Kier alpha value is -1.01. The quantitative estimate of drug-likeness (QED) is 0.796. The van der Waals surface area contributed by atoms with Gasteiger partial charge in [0.25, 0.3) is 0 Å². The van der Waals surface area contributed by atoms with Crippen LogP contribution in [0.4, 0.5) is 13.2 Å². The van der Waals surface area contributed by atoms with Gasteiger partial charge in [0.1, 0.15) is 0 Å². The third kappa shape index (κ3) is 3.53. The molecule has 0 saturated carbocycles. The Morgan fingerprint density at radius 2 is 2.19 bits per heavy atom. The number of aromatic nitrogens is 1. The van der Waals surface area contributed by atoms with Gasteiger partial charge in [0, 0.05) is 38.2 Å². The Kier molecular flexibility index (Phi) is 4.37. The number of nitrogens with zero attached hydrogens (tertiary/aromatic N) is 1. The van der Waals surface area contributed by atoms with E-state index in [1.165, 1.54) is 18.5 Å². The topological polar surface area (TPSA) is 34.4 Å². The van der Waals surface area contributed by atoms with E-state index in [4.69, 9.17) is 9.84 Å². The highest BCUT2D eigenvalue weighted by molar-refractivity contribution is 5.15. The molecule has 1 N–H and O–H groups in total. The smallest absolute Gasteiger partial charge is 0.385 e. The highest BCUT2D eigenvalue weighted by Crippen LogP contribution is 2.32. The molecule has 0 saturated heterocycles. The largest absolute Gasteiger partial charge is 0.418 e. The van der Waals surface area contributed by atoms with Gasteiger partial charge in [0.05, 0.1) is 0 Å². The summed E-state index contributed by atoms with van der Waals surface area (Å²) in [6, 6.07) is 1.27. The van der Waals surface area contributed by atoms with Gasteiger partial charge in [-0.25, -0.2) is 0 Å². The summed E-state index contributed by atoms with van der Waals surface area (Å²) < 4.78 is 42.9. The first-order valence-electron chi connectivity index (χ1n) is 4.84. The Bertz CT molecular complexity index is 322. The maximum Gasteiger partial charge on any atom is 0.418 e. The molecule has 0 spiro atoms. The average Bonchev–Trinajstić information content (AvgIpc) is 2.64. The van der Waals surface area contributed by atoms with Crippen LogP contribution in [0.1, 0.15) is 18.1 Å². The minimum absolute atomic E-state index is 0.134. The SMILES string of the molecule is COCCCn1ccc(C(O)C(F)(F)F)c1. The zero-order chi connectivity index (χ0) is 12.2. The number of aliphatic hydroxyl groups excluding tert-OH is 1. The number of aliphatic hydroxyl groups is 1. The summed E-state index contributed by atoms with van der Waals surface area (Å²) >= 11 is 0. The van der Waals surface area contributed by atoms with E-state index in [1.54, 1.807) is 11.7 Å². The van der Waals surface area contributed by atoms with Gasteiger partial charge >= 0.3 is 6.18 Å². The summed E-state index contributed by atoms with van der Waals surface area (Å²) in [7, 11) is 1.56. The Morgan fingerprint density at radius 1 is 1.50 bits per heavy atom. The van der Waals surface area contributed by atoms with Crippen LogP contribution >= 0.6 is 0 Å². The van der Waals surface area contributed by atoms with E-state index in [0.717, 1.165) is 0 Å². The number of alkyl halides is 3. The summed E-state index contributed by atoms with van der Waals surface area (Å²) in [6.07, 6.45) is -3.49. The van der Waals surface area contributed by atoms with Gasteiger partial charge in [-0.05, 0) is 12.5 Å². The Labute approximate surface area is 91.4 Å². The van der Waals surface area contributed by atoms with Crippen molar-refractivity contribution in [2.75, 3.05) is 13.7 Å². The van der Waals surface area contributed by atoms with Crippen molar-refractivity contribution in [3.8, 4) is 0 Å². The van der Waals surface area contributed by atoms with Crippen molar-refractivity contribution in [1.82, 2.24) is 4.57 Å². The monoisotopic (exact) mass is 237 g/mol. The molecule has 0 bridgehead atoms. The molecule has 1 aromatic rings. The average molecular weight is 237 g/mol. The zero-order valence-corrected chi connectivity index (χ0v) is 8.87. The molecule has 1 unspecified atom stereocenters. The van der Waals surface area contributed by atoms with Crippen LogP contribution in [0.25, 0.3) is 0 Å². The van der Waals surface area contributed by atoms with Crippen molar-refractivity contribution in [3.05, 3.63) is 24.0 Å². The molecule has 0 aromatic carbocycles. The van der Waals surface area contributed by atoms with E-state index in [0.29, 0.717) is 19.6 Å². The van der Waals surface area contributed by atoms with Crippen molar-refractivity contribution in [2.45, 2.75) is 25.2 Å². The Morgan fingerprint density at radius 3 is 2.75 bits per heavy atom. The molecule has 3 nitrogen and oxygen atoms in total. The lowest BCUT2D eigenvalue weighted by molar-refractivity contribution is -0.206. The summed E-state index contributed by atoms with van der Waals surface area (Å²) in [5.74, 6) is 0. The molecule has 6 heteroatoms. The molecule has 0 aliphatic carbocycles. The molecule has 1 aromatic heterocycles. The lowest BCUT2D eigenvalue weighted by atomic mass is 10.2. The molecule has 0 fully saturated rings. The van der Waals surface area contributed by atoms with Crippen molar-refractivity contribution >= 4 is 0 Å². The predicted octanol–water partition coefficient (Wildman–Crippen LogP) is 2.12. The van der Waals surface area contributed by atoms with Crippen molar-refractivity contribution in [1.29, 1.82) is 0 Å². The Balaban J connectivity index is 2.57. The second kappa shape index (κ2) is 5.36. The molecular weight excluding hydrogens is 223 g/mol. The minimum atomic E-state index is -4.61. The van der Waals surface area contributed by atoms with Crippen LogP contribution in [0.2, 0.25) is 0 Å². The van der Waals surface area contributed by atoms with Crippen molar-refractivity contribution < 1.29 is 23.0 Å². The molecule has 1 atom stereocenters. The fraction of sp³-hybridized carbons (Fsp3) is 0.600. The van der Waals surface area contributed by atoms with Gasteiger partial charge in [-0.3, -0.25) is 0 Å². The molecule has 0 radical (unpaired) electrons. The molecule has 92 valence electrons. The summed E-state index contributed by atoms with van der Waals surface area (Å²) in [5.41, 5.74) is -0.134. The summed E-state index contributed by atoms with van der Waals surface area (Å²) in [4.78, 5) is 0. The van der Waals surface area contributed by atoms with Gasteiger partial charge in [-0.15, -0.1) is 0 Å². The third-order valence-corrected chi connectivity index (χ3v) is 2.16. The van der Waals surface area contributed by atoms with Crippen LogP contribution in [0.15, 0.2) is 18.5 Å². The minimum Gasteiger partial charge on any atom is -0.385 e. The van der Waals surface area contributed by atoms with E-state index in [9.17, 15) is 13.2 Å². The zero-order valence-electron chi connectivity index (χ0n) is 8.87. The standard InChI is InChI=1S/C10H14F3NO2/c1-16-6-2-4-14-5-3-8(7-14)9(15)10(11,12)13/h3,5,7,9,15H,2,4,6H2,1H3. The van der Waals surface area contributed by atoms with Gasteiger partial charge in [0.15, 0.2) is 6.10 Å². The number of aryl methyl sites for hydroxylation is 1. The van der Waals surface area contributed by atoms with Gasteiger partial charge in [-0.2, -0.15) is 13.2 Å². The molecule has 0 amide bonds. The molecule has 1 heterocycles. The van der Waals surface area contributed by atoms with Gasteiger partial charge in [0.2, 0.25) is 0 Å². The maximum absolute atomic E-state index is 12.2. The van der Waals surface area contributed by atoms with Gasteiger partial charge in [-0.1, -0.05) is 0 Å². The number of ether oxygens (including phenoxy) is 1. The molecule has 1 rings (SSSR count). The third-order valence-electron chi connectivity index (χ3n) is 2.16. The molecule has 0 aliphatic heterocycles. The number of halogens is 3. The second-order valence-corrected chi connectivity index (χ2v) is 3.47. The summed E-state index contributed by atoms with van der Waals surface area (Å²) in [5, 5.41) is 8.98. The van der Waals surface area contributed by atoms with Crippen LogP contribution in [0.3, 0.4) is 0 Å². The number of methoxy groups -OCH3 is 1. The first-order valence-corrected chi connectivity index (χ1v) is 4.84. The van der Waals surface area contributed by atoms with Gasteiger partial charge < -0.3 is 14.4 Å². The van der Waals surface area contributed by atoms with E-state index >= 15 is 0 Å². The first-order chi connectivity index (χ1) is 7.45. The molecular formula is C10H14F3NO2. The van der Waals surface area contributed by atoms with Crippen molar-refractivity contribution in [2.24, 2.45) is 0 Å². The highest BCUT2D eigenvalue weighted by atomic mass is 19.4. The number of hydrogen-bond donors (Lipinski definition) is 1. The van der Waals surface area contributed by atoms with E-state index in [1.807, 2.05) is 0 Å².